The number of ketones is 1. The third-order valence-corrected chi connectivity index (χ3v) is 2.93. The van der Waals surface area contributed by atoms with Crippen LogP contribution >= 0.6 is 0 Å². The number of aromatic nitrogens is 2. The van der Waals surface area contributed by atoms with Gasteiger partial charge in [-0.1, -0.05) is 0 Å². The summed E-state index contributed by atoms with van der Waals surface area (Å²) in [5, 5.41) is 0.661. The Hall–Kier alpha value is -2.69. The van der Waals surface area contributed by atoms with Crippen LogP contribution < -0.4 is 5.73 Å². The normalized spacial score (nSPS) is 10.8. The Morgan fingerprint density at radius 2 is 2.11 bits per heavy atom. The SMILES string of the molecule is Nc1ccc(F)c(C(=O)c2c[nH]c3ncccc23)c1. The molecule has 0 saturated heterocycles. The second-order valence-corrected chi connectivity index (χ2v) is 4.17. The van der Waals surface area contributed by atoms with E-state index in [0.717, 1.165) is 0 Å². The molecule has 5 heteroatoms. The number of rotatable bonds is 2. The fourth-order valence-electron chi connectivity index (χ4n) is 2.01. The number of nitrogens with one attached hydrogen (secondary N) is 1. The number of carbonyl (C=O) groups excluding carboxylic acids is 1. The van der Waals surface area contributed by atoms with Crippen LogP contribution in [-0.4, -0.2) is 15.8 Å². The second-order valence-electron chi connectivity index (χ2n) is 4.17. The molecule has 19 heavy (non-hydrogen) atoms. The summed E-state index contributed by atoms with van der Waals surface area (Å²) in [5.74, 6) is -0.999. The van der Waals surface area contributed by atoms with Gasteiger partial charge in [0.05, 0.1) is 5.56 Å². The fourth-order valence-corrected chi connectivity index (χ4v) is 2.01. The number of nitrogen functional groups attached to an aromatic ring is 1. The van der Waals surface area contributed by atoms with Gasteiger partial charge in [0.15, 0.2) is 5.78 Å². The van der Waals surface area contributed by atoms with Crippen molar-refractivity contribution < 1.29 is 9.18 Å². The van der Waals surface area contributed by atoms with Gasteiger partial charge in [0.25, 0.3) is 0 Å². The lowest BCUT2D eigenvalue weighted by atomic mass is 10.0. The smallest absolute Gasteiger partial charge is 0.198 e. The average molecular weight is 255 g/mol. The zero-order valence-corrected chi connectivity index (χ0v) is 9.85. The Labute approximate surface area is 108 Å². The molecule has 94 valence electrons. The molecule has 0 fully saturated rings. The van der Waals surface area contributed by atoms with Gasteiger partial charge in [0.2, 0.25) is 0 Å². The number of H-pyrrole nitrogens is 1. The molecule has 3 aromatic rings. The van der Waals surface area contributed by atoms with E-state index in [-0.39, 0.29) is 5.56 Å². The Morgan fingerprint density at radius 1 is 1.26 bits per heavy atom. The number of anilines is 1. The molecule has 1 aromatic carbocycles. The van der Waals surface area contributed by atoms with Crippen molar-refractivity contribution in [2.24, 2.45) is 0 Å². The summed E-state index contributed by atoms with van der Waals surface area (Å²) in [5.41, 5.74) is 6.88. The number of hydrogen-bond donors (Lipinski definition) is 2. The van der Waals surface area contributed by atoms with E-state index in [9.17, 15) is 9.18 Å². The summed E-state index contributed by atoms with van der Waals surface area (Å²) in [6.07, 6.45) is 3.15. The van der Waals surface area contributed by atoms with Crippen molar-refractivity contribution in [2.75, 3.05) is 5.73 Å². The topological polar surface area (TPSA) is 71.8 Å². The van der Waals surface area contributed by atoms with Crippen LogP contribution in [0.5, 0.6) is 0 Å². The van der Waals surface area contributed by atoms with Gasteiger partial charge in [-0.25, -0.2) is 9.37 Å². The Kier molecular flexibility index (Phi) is 2.52. The van der Waals surface area contributed by atoms with Crippen LogP contribution in [0.4, 0.5) is 10.1 Å². The van der Waals surface area contributed by atoms with Crippen LogP contribution in [0, 0.1) is 5.82 Å². The molecule has 0 aliphatic rings. The lowest BCUT2D eigenvalue weighted by Crippen LogP contribution is -2.04. The van der Waals surface area contributed by atoms with Crippen LogP contribution in [0.15, 0.2) is 42.7 Å². The number of halogens is 1. The molecule has 4 nitrogen and oxygen atoms in total. The van der Waals surface area contributed by atoms with Gasteiger partial charge in [-0.3, -0.25) is 4.79 Å². The number of hydrogen-bond acceptors (Lipinski definition) is 3. The minimum absolute atomic E-state index is 0.0373. The molecule has 0 amide bonds. The van der Waals surface area contributed by atoms with Crippen LogP contribution in [-0.2, 0) is 0 Å². The first-order valence-corrected chi connectivity index (χ1v) is 5.68. The van der Waals surface area contributed by atoms with Gasteiger partial charge in [-0.05, 0) is 30.3 Å². The quantitative estimate of drug-likeness (QED) is 0.546. The molecule has 0 atom stereocenters. The van der Waals surface area contributed by atoms with E-state index in [2.05, 4.69) is 9.97 Å². The summed E-state index contributed by atoms with van der Waals surface area (Å²) in [6.45, 7) is 0. The molecule has 0 aliphatic heterocycles. The third-order valence-electron chi connectivity index (χ3n) is 2.93. The summed E-state index contributed by atoms with van der Waals surface area (Å²) < 4.78 is 13.7. The van der Waals surface area contributed by atoms with Crippen molar-refractivity contribution in [3.8, 4) is 0 Å². The minimum Gasteiger partial charge on any atom is -0.399 e. The summed E-state index contributed by atoms with van der Waals surface area (Å²) in [7, 11) is 0. The van der Waals surface area contributed by atoms with Crippen LogP contribution in [0.25, 0.3) is 11.0 Å². The highest BCUT2D eigenvalue weighted by Crippen LogP contribution is 2.22. The number of nitrogens with zero attached hydrogens (tertiary/aromatic N) is 1. The minimum atomic E-state index is -0.586. The van der Waals surface area contributed by atoms with Gasteiger partial charge in [-0.2, -0.15) is 0 Å². The molecular weight excluding hydrogens is 245 g/mol. The molecule has 2 heterocycles. The number of aromatic amines is 1. The molecule has 0 spiro atoms. The monoisotopic (exact) mass is 255 g/mol. The van der Waals surface area contributed by atoms with Gasteiger partial charge in [-0.15, -0.1) is 0 Å². The predicted octanol–water partition coefficient (Wildman–Crippen LogP) is 2.52. The van der Waals surface area contributed by atoms with Crippen molar-refractivity contribution >= 4 is 22.5 Å². The van der Waals surface area contributed by atoms with Gasteiger partial charge >= 0.3 is 0 Å². The van der Waals surface area contributed by atoms with E-state index in [1.807, 2.05) is 0 Å². The number of carbonyl (C=O) groups is 1. The summed E-state index contributed by atoms with van der Waals surface area (Å²) in [4.78, 5) is 19.3. The maximum absolute atomic E-state index is 13.7. The average Bonchev–Trinajstić information content (AvgIpc) is 2.84. The van der Waals surface area contributed by atoms with E-state index in [1.165, 1.54) is 24.4 Å². The van der Waals surface area contributed by atoms with Crippen LogP contribution in [0.2, 0.25) is 0 Å². The first-order chi connectivity index (χ1) is 9.16. The molecule has 3 rings (SSSR count). The second kappa shape index (κ2) is 4.20. The molecule has 0 bridgehead atoms. The predicted molar refractivity (Wildman–Crippen MR) is 70.3 cm³/mol. The van der Waals surface area contributed by atoms with Gasteiger partial charge in [0, 0.05) is 29.0 Å². The highest BCUT2D eigenvalue weighted by Gasteiger charge is 2.18. The molecule has 0 aliphatic carbocycles. The first kappa shape index (κ1) is 11.4. The number of pyridine rings is 1. The fraction of sp³-hybridized carbons (Fsp3) is 0. The Bertz CT molecular complexity index is 779. The van der Waals surface area contributed by atoms with Crippen molar-refractivity contribution in [1.29, 1.82) is 0 Å². The first-order valence-electron chi connectivity index (χ1n) is 5.68. The third kappa shape index (κ3) is 1.85. The summed E-state index contributed by atoms with van der Waals surface area (Å²) in [6, 6.07) is 7.43. The maximum Gasteiger partial charge on any atom is 0.198 e. The summed E-state index contributed by atoms with van der Waals surface area (Å²) >= 11 is 0. The molecule has 0 radical (unpaired) electrons. The lowest BCUT2D eigenvalue weighted by molar-refractivity contribution is 0.103. The van der Waals surface area contributed by atoms with Gasteiger partial charge in [0.1, 0.15) is 11.5 Å². The van der Waals surface area contributed by atoms with Crippen molar-refractivity contribution in [2.45, 2.75) is 0 Å². The van der Waals surface area contributed by atoms with E-state index in [4.69, 9.17) is 5.73 Å². The molecule has 2 aromatic heterocycles. The van der Waals surface area contributed by atoms with Crippen molar-refractivity contribution in [1.82, 2.24) is 9.97 Å². The molecule has 0 saturated carbocycles. The van der Waals surface area contributed by atoms with E-state index < -0.39 is 11.6 Å². The largest absolute Gasteiger partial charge is 0.399 e. The van der Waals surface area contributed by atoms with E-state index >= 15 is 0 Å². The van der Waals surface area contributed by atoms with Gasteiger partial charge < -0.3 is 10.7 Å². The number of nitrogens with two attached hydrogens (primary N) is 1. The van der Waals surface area contributed by atoms with Crippen molar-refractivity contribution in [3.63, 3.8) is 0 Å². The molecule has 0 unspecified atom stereocenters. The lowest BCUT2D eigenvalue weighted by Gasteiger charge is -2.02. The Morgan fingerprint density at radius 3 is 2.95 bits per heavy atom. The molecular formula is C14H10FN3O. The van der Waals surface area contributed by atoms with Crippen LogP contribution in [0.1, 0.15) is 15.9 Å². The van der Waals surface area contributed by atoms with E-state index in [1.54, 1.807) is 18.3 Å². The Balaban J connectivity index is 2.16. The highest BCUT2D eigenvalue weighted by molar-refractivity contribution is 6.16. The zero-order valence-electron chi connectivity index (χ0n) is 9.85. The zero-order chi connectivity index (χ0) is 13.4. The highest BCUT2D eigenvalue weighted by atomic mass is 19.1. The van der Waals surface area contributed by atoms with Crippen LogP contribution in [0.3, 0.4) is 0 Å². The number of benzene rings is 1. The van der Waals surface area contributed by atoms with Crippen molar-refractivity contribution in [3.05, 3.63) is 59.7 Å². The standard InChI is InChI=1S/C14H10FN3O/c15-12-4-3-8(16)6-10(12)13(19)11-7-18-14-9(11)2-1-5-17-14/h1-7H,16H2,(H,17,18). The maximum atomic E-state index is 13.7. The number of fused-ring (bicyclic) bond motifs is 1. The molecule has 3 N–H and O–H groups in total. The van der Waals surface area contributed by atoms with E-state index in [0.29, 0.717) is 22.3 Å².